The van der Waals surface area contributed by atoms with Crippen LogP contribution in [0.2, 0.25) is 0 Å². The van der Waals surface area contributed by atoms with E-state index >= 15 is 0 Å². The topological polar surface area (TPSA) is 52.6 Å². The van der Waals surface area contributed by atoms with Crippen molar-refractivity contribution >= 4 is 11.9 Å². The van der Waals surface area contributed by atoms with E-state index < -0.39 is 18.0 Å². The van der Waals surface area contributed by atoms with Crippen molar-refractivity contribution in [2.24, 2.45) is 0 Å². The van der Waals surface area contributed by atoms with Gasteiger partial charge in [-0.3, -0.25) is 0 Å². The van der Waals surface area contributed by atoms with Crippen molar-refractivity contribution in [3.05, 3.63) is 108 Å². The highest BCUT2D eigenvalue weighted by Crippen LogP contribution is 2.11. The van der Waals surface area contributed by atoms with Gasteiger partial charge in [0, 0.05) is 6.42 Å². The zero-order valence-electron chi connectivity index (χ0n) is 14.8. The second-order valence-corrected chi connectivity index (χ2v) is 6.05. The van der Waals surface area contributed by atoms with Gasteiger partial charge in [-0.25, -0.2) is 9.59 Å². The Balaban J connectivity index is 1.67. The lowest BCUT2D eigenvalue weighted by Gasteiger charge is -2.18. The van der Waals surface area contributed by atoms with Gasteiger partial charge in [0.15, 0.2) is 0 Å². The van der Waals surface area contributed by atoms with Crippen LogP contribution in [0.25, 0.3) is 0 Å². The van der Waals surface area contributed by atoms with E-state index in [0.717, 1.165) is 5.56 Å². The first-order valence-electron chi connectivity index (χ1n) is 8.74. The maximum Gasteiger partial charge on any atom is 0.338 e. The number of ether oxygens (including phenoxy) is 2. The summed E-state index contributed by atoms with van der Waals surface area (Å²) in [5.74, 6) is -0.878. The summed E-state index contributed by atoms with van der Waals surface area (Å²) in [7, 11) is 0. The molecule has 27 heavy (non-hydrogen) atoms. The summed E-state index contributed by atoms with van der Waals surface area (Å²) in [5.41, 5.74) is 1.93. The number of esters is 2. The zero-order chi connectivity index (χ0) is 18.9. The molecular formula is C23H20O4. The Bertz CT molecular complexity index is 861. The highest BCUT2D eigenvalue weighted by molar-refractivity contribution is 5.90. The average molecular weight is 360 g/mol. The summed E-state index contributed by atoms with van der Waals surface area (Å²) in [6.07, 6.45) is -0.116. The number of hydrogen-bond acceptors (Lipinski definition) is 4. The third-order valence-electron chi connectivity index (χ3n) is 4.00. The van der Waals surface area contributed by atoms with Crippen molar-refractivity contribution in [1.29, 1.82) is 0 Å². The third-order valence-corrected chi connectivity index (χ3v) is 4.00. The SMILES string of the molecule is O=C(OCC(Cc1ccccc1)OC(=O)c1ccccc1)c1ccccc1. The number of carbonyl (C=O) groups excluding carboxylic acids is 2. The quantitative estimate of drug-likeness (QED) is 0.589. The van der Waals surface area contributed by atoms with Crippen molar-refractivity contribution in [2.75, 3.05) is 6.61 Å². The van der Waals surface area contributed by atoms with Crippen molar-refractivity contribution < 1.29 is 19.1 Å². The van der Waals surface area contributed by atoms with Gasteiger partial charge in [-0.2, -0.15) is 0 Å². The normalized spacial score (nSPS) is 11.4. The minimum absolute atomic E-state index is 0.0127. The standard InChI is InChI=1S/C23H20O4/c24-22(19-12-6-2-7-13-19)26-17-21(16-18-10-4-1-5-11-18)27-23(25)20-14-8-3-9-15-20/h1-15,21H,16-17H2. The molecule has 0 N–H and O–H groups in total. The fourth-order valence-corrected chi connectivity index (χ4v) is 2.63. The Hall–Kier alpha value is -3.40. The Kier molecular flexibility index (Phi) is 6.36. The molecule has 4 heteroatoms. The van der Waals surface area contributed by atoms with Crippen molar-refractivity contribution in [2.45, 2.75) is 12.5 Å². The summed E-state index contributed by atoms with van der Waals surface area (Å²) in [4.78, 5) is 24.6. The second-order valence-electron chi connectivity index (χ2n) is 6.05. The van der Waals surface area contributed by atoms with E-state index in [9.17, 15) is 9.59 Å². The Morgan fingerprint density at radius 2 is 1.15 bits per heavy atom. The second kappa shape index (κ2) is 9.34. The molecule has 0 aliphatic rings. The van der Waals surface area contributed by atoms with Gasteiger partial charge in [0.2, 0.25) is 0 Å². The molecule has 0 saturated heterocycles. The molecule has 0 aromatic heterocycles. The van der Waals surface area contributed by atoms with Crippen LogP contribution >= 0.6 is 0 Å². The average Bonchev–Trinajstić information content (AvgIpc) is 2.73. The van der Waals surface area contributed by atoms with Crippen LogP contribution < -0.4 is 0 Å². The van der Waals surface area contributed by atoms with Crippen molar-refractivity contribution in [3.8, 4) is 0 Å². The molecule has 3 aromatic carbocycles. The first kappa shape index (κ1) is 18.4. The maximum atomic E-state index is 12.4. The van der Waals surface area contributed by atoms with E-state index in [2.05, 4.69) is 0 Å². The van der Waals surface area contributed by atoms with Crippen molar-refractivity contribution in [3.63, 3.8) is 0 Å². The zero-order valence-corrected chi connectivity index (χ0v) is 14.8. The van der Waals surface area contributed by atoms with Crippen molar-refractivity contribution in [1.82, 2.24) is 0 Å². The fourth-order valence-electron chi connectivity index (χ4n) is 2.63. The number of hydrogen-bond donors (Lipinski definition) is 0. The van der Waals surface area contributed by atoms with E-state index in [0.29, 0.717) is 17.5 Å². The van der Waals surface area contributed by atoms with Crippen LogP contribution in [0.3, 0.4) is 0 Å². The molecular weight excluding hydrogens is 340 g/mol. The molecule has 0 amide bonds. The molecule has 136 valence electrons. The summed E-state index contributed by atoms with van der Waals surface area (Å²) in [6.45, 7) is -0.0127. The fraction of sp³-hybridized carbons (Fsp3) is 0.130. The minimum atomic E-state index is -0.576. The van der Waals surface area contributed by atoms with Crippen LogP contribution in [0.4, 0.5) is 0 Å². The lowest BCUT2D eigenvalue weighted by molar-refractivity contribution is -0.000358. The molecule has 3 aromatic rings. The van der Waals surface area contributed by atoms with Gasteiger partial charge in [0.25, 0.3) is 0 Å². The Morgan fingerprint density at radius 1 is 0.667 bits per heavy atom. The predicted octanol–water partition coefficient (Wildman–Crippen LogP) is 4.31. The molecule has 0 bridgehead atoms. The first-order valence-corrected chi connectivity index (χ1v) is 8.74. The van der Waals surface area contributed by atoms with Gasteiger partial charge in [-0.1, -0.05) is 66.7 Å². The van der Waals surface area contributed by atoms with Crippen LogP contribution in [0.15, 0.2) is 91.0 Å². The maximum absolute atomic E-state index is 12.4. The van der Waals surface area contributed by atoms with Gasteiger partial charge in [-0.05, 0) is 29.8 Å². The molecule has 4 nitrogen and oxygen atoms in total. The van der Waals surface area contributed by atoms with Crippen LogP contribution in [0.5, 0.6) is 0 Å². The summed E-state index contributed by atoms with van der Waals surface area (Å²) < 4.78 is 11.0. The Labute approximate surface area is 158 Å². The molecule has 0 aliphatic carbocycles. The van der Waals surface area contributed by atoms with E-state index in [1.165, 1.54) is 0 Å². The van der Waals surface area contributed by atoms with Gasteiger partial charge < -0.3 is 9.47 Å². The number of benzene rings is 3. The minimum Gasteiger partial charge on any atom is -0.458 e. The molecule has 0 fully saturated rings. The first-order chi connectivity index (χ1) is 13.2. The lowest BCUT2D eigenvalue weighted by atomic mass is 10.1. The lowest BCUT2D eigenvalue weighted by Crippen LogP contribution is -2.27. The molecule has 0 heterocycles. The van der Waals surface area contributed by atoms with E-state index in [-0.39, 0.29) is 6.61 Å². The Morgan fingerprint density at radius 3 is 1.70 bits per heavy atom. The van der Waals surface area contributed by atoms with Crippen LogP contribution in [-0.4, -0.2) is 24.6 Å². The monoisotopic (exact) mass is 360 g/mol. The smallest absolute Gasteiger partial charge is 0.338 e. The number of carbonyl (C=O) groups is 2. The van der Waals surface area contributed by atoms with Crippen LogP contribution in [-0.2, 0) is 15.9 Å². The van der Waals surface area contributed by atoms with E-state index in [1.807, 2.05) is 42.5 Å². The van der Waals surface area contributed by atoms with Crippen LogP contribution in [0, 0.1) is 0 Å². The largest absolute Gasteiger partial charge is 0.458 e. The summed E-state index contributed by atoms with van der Waals surface area (Å²) in [6, 6.07) is 27.2. The highest BCUT2D eigenvalue weighted by Gasteiger charge is 2.19. The highest BCUT2D eigenvalue weighted by atomic mass is 16.6. The van der Waals surface area contributed by atoms with Gasteiger partial charge in [0.1, 0.15) is 12.7 Å². The molecule has 0 radical (unpaired) electrons. The van der Waals surface area contributed by atoms with Gasteiger partial charge in [-0.15, -0.1) is 0 Å². The van der Waals surface area contributed by atoms with Crippen LogP contribution in [0.1, 0.15) is 26.3 Å². The van der Waals surface area contributed by atoms with Gasteiger partial charge >= 0.3 is 11.9 Å². The molecule has 0 saturated carbocycles. The molecule has 1 atom stereocenters. The molecule has 3 rings (SSSR count). The molecule has 0 aliphatic heterocycles. The number of rotatable bonds is 7. The third kappa shape index (κ3) is 5.54. The molecule has 1 unspecified atom stereocenters. The van der Waals surface area contributed by atoms with Gasteiger partial charge in [0.05, 0.1) is 11.1 Å². The van der Waals surface area contributed by atoms with E-state index in [1.54, 1.807) is 48.5 Å². The molecule has 0 spiro atoms. The summed E-state index contributed by atoms with van der Waals surface area (Å²) >= 11 is 0. The predicted molar refractivity (Wildman–Crippen MR) is 103 cm³/mol. The summed E-state index contributed by atoms with van der Waals surface area (Å²) in [5, 5.41) is 0. The van der Waals surface area contributed by atoms with E-state index in [4.69, 9.17) is 9.47 Å².